The molecule has 5 heteroatoms. The van der Waals surface area contributed by atoms with Crippen molar-refractivity contribution in [2.24, 2.45) is 4.99 Å². The van der Waals surface area contributed by atoms with Crippen molar-refractivity contribution < 1.29 is 4.39 Å². The summed E-state index contributed by atoms with van der Waals surface area (Å²) >= 11 is 3.38. The fraction of sp³-hybridized carbons (Fsp3) is 0.364. The summed E-state index contributed by atoms with van der Waals surface area (Å²) in [6.07, 6.45) is 0. The molecule has 0 spiro atoms. The zero-order valence-corrected chi connectivity index (χ0v) is 10.5. The van der Waals surface area contributed by atoms with E-state index < -0.39 is 0 Å². The van der Waals surface area contributed by atoms with Gasteiger partial charge in [-0.15, -0.1) is 0 Å². The van der Waals surface area contributed by atoms with Crippen LogP contribution in [0.15, 0.2) is 27.7 Å². The summed E-state index contributed by atoms with van der Waals surface area (Å²) in [7, 11) is 0. The molecule has 0 saturated heterocycles. The molecule has 1 heterocycles. The highest BCUT2D eigenvalue weighted by atomic mass is 79.9. The Labute approximate surface area is 102 Å². The topological polar surface area (TPSA) is 36.4 Å². The number of nitrogens with zero attached hydrogens (tertiary/aromatic N) is 1. The lowest BCUT2D eigenvalue weighted by atomic mass is 10.2. The molecule has 1 aromatic carbocycles. The summed E-state index contributed by atoms with van der Waals surface area (Å²) in [5.74, 6) is 0.554. The van der Waals surface area contributed by atoms with E-state index in [9.17, 15) is 4.39 Å². The normalized spacial score (nSPS) is 19.2. The molecule has 1 aliphatic rings. The number of hydrogen-bond donors (Lipinski definition) is 2. The molecule has 2 N–H and O–H groups in total. The largest absolute Gasteiger partial charge is 0.352 e. The van der Waals surface area contributed by atoms with Crippen LogP contribution in [0.3, 0.4) is 0 Å². The second-order valence-electron chi connectivity index (χ2n) is 3.82. The Bertz CT molecular complexity index is 420. The molecule has 1 aromatic rings. The minimum atomic E-state index is -0.227. The first kappa shape index (κ1) is 11.4. The Morgan fingerprint density at radius 3 is 3.12 bits per heavy atom. The Morgan fingerprint density at radius 1 is 1.62 bits per heavy atom. The zero-order valence-electron chi connectivity index (χ0n) is 8.93. The summed E-state index contributed by atoms with van der Waals surface area (Å²) in [5, 5.41) is 6.33. The number of nitrogens with one attached hydrogen (secondary N) is 2. The van der Waals surface area contributed by atoms with Crippen LogP contribution in [0.1, 0.15) is 12.5 Å². The van der Waals surface area contributed by atoms with Crippen LogP contribution in [0.2, 0.25) is 0 Å². The SMILES string of the molecule is CC1CN=C(NCc2cc(F)ccc2Br)N1. The first-order chi connectivity index (χ1) is 7.65. The van der Waals surface area contributed by atoms with Crippen molar-refractivity contribution in [3.8, 4) is 0 Å². The number of hydrogen-bond acceptors (Lipinski definition) is 3. The predicted octanol–water partition coefficient (Wildman–Crippen LogP) is 2.03. The van der Waals surface area contributed by atoms with Crippen molar-refractivity contribution in [3.63, 3.8) is 0 Å². The molecule has 0 fully saturated rings. The lowest BCUT2D eigenvalue weighted by molar-refractivity contribution is 0.624. The molecule has 1 unspecified atom stereocenters. The molecule has 2 rings (SSSR count). The van der Waals surface area contributed by atoms with Crippen LogP contribution >= 0.6 is 15.9 Å². The van der Waals surface area contributed by atoms with Crippen molar-refractivity contribution in [3.05, 3.63) is 34.1 Å². The molecule has 1 aliphatic heterocycles. The fourth-order valence-corrected chi connectivity index (χ4v) is 1.90. The highest BCUT2D eigenvalue weighted by Crippen LogP contribution is 2.17. The monoisotopic (exact) mass is 285 g/mol. The molecule has 0 amide bonds. The van der Waals surface area contributed by atoms with E-state index in [-0.39, 0.29) is 5.82 Å². The third-order valence-corrected chi connectivity index (χ3v) is 3.13. The summed E-state index contributed by atoms with van der Waals surface area (Å²) in [4.78, 5) is 4.27. The molecule has 3 nitrogen and oxygen atoms in total. The maximum absolute atomic E-state index is 13.0. The lowest BCUT2D eigenvalue weighted by Crippen LogP contribution is -2.37. The van der Waals surface area contributed by atoms with Gasteiger partial charge in [0.1, 0.15) is 5.82 Å². The van der Waals surface area contributed by atoms with Crippen molar-refractivity contribution in [1.29, 1.82) is 0 Å². The third kappa shape index (κ3) is 2.72. The van der Waals surface area contributed by atoms with Crippen LogP contribution in [-0.4, -0.2) is 18.5 Å². The van der Waals surface area contributed by atoms with Gasteiger partial charge in [0, 0.05) is 17.1 Å². The van der Waals surface area contributed by atoms with Crippen molar-refractivity contribution >= 4 is 21.9 Å². The molecular weight excluding hydrogens is 273 g/mol. The second kappa shape index (κ2) is 4.82. The Balaban J connectivity index is 1.97. The molecule has 0 saturated carbocycles. The Morgan fingerprint density at radius 2 is 2.44 bits per heavy atom. The molecule has 1 atom stereocenters. The quantitative estimate of drug-likeness (QED) is 0.872. The van der Waals surface area contributed by atoms with Gasteiger partial charge in [0.2, 0.25) is 0 Å². The smallest absolute Gasteiger partial charge is 0.191 e. The van der Waals surface area contributed by atoms with Crippen LogP contribution in [0, 0.1) is 5.82 Å². The van der Waals surface area contributed by atoms with Gasteiger partial charge in [0.05, 0.1) is 6.54 Å². The molecule has 0 aromatic heterocycles. The average molecular weight is 286 g/mol. The van der Waals surface area contributed by atoms with Gasteiger partial charge in [0.15, 0.2) is 5.96 Å². The molecular formula is C11H13BrFN3. The van der Waals surface area contributed by atoms with E-state index in [0.29, 0.717) is 12.6 Å². The minimum absolute atomic E-state index is 0.227. The Kier molecular flexibility index (Phi) is 3.43. The van der Waals surface area contributed by atoms with Crippen molar-refractivity contribution in [2.75, 3.05) is 6.54 Å². The summed E-state index contributed by atoms with van der Waals surface area (Å²) < 4.78 is 13.9. The number of guanidine groups is 1. The van der Waals surface area contributed by atoms with E-state index in [0.717, 1.165) is 22.5 Å². The standard InChI is InChI=1S/C11H13BrFN3/c1-7-5-14-11(16-7)15-6-8-4-9(13)2-3-10(8)12/h2-4,7H,5-6H2,1H3,(H2,14,15,16). The van der Waals surface area contributed by atoms with Gasteiger partial charge >= 0.3 is 0 Å². The first-order valence-corrected chi connectivity index (χ1v) is 5.93. The average Bonchev–Trinajstić information content (AvgIpc) is 2.66. The summed E-state index contributed by atoms with van der Waals surface area (Å²) in [6.45, 7) is 3.40. The van der Waals surface area contributed by atoms with E-state index in [2.05, 4.69) is 38.5 Å². The van der Waals surface area contributed by atoms with Gasteiger partial charge in [0.25, 0.3) is 0 Å². The van der Waals surface area contributed by atoms with E-state index >= 15 is 0 Å². The van der Waals surface area contributed by atoms with Crippen molar-refractivity contribution in [2.45, 2.75) is 19.5 Å². The van der Waals surface area contributed by atoms with Gasteiger partial charge in [-0.25, -0.2) is 4.39 Å². The zero-order chi connectivity index (χ0) is 11.5. The highest BCUT2D eigenvalue weighted by molar-refractivity contribution is 9.10. The van der Waals surface area contributed by atoms with Crippen LogP contribution < -0.4 is 10.6 Å². The Hall–Kier alpha value is -1.10. The van der Waals surface area contributed by atoms with Gasteiger partial charge in [-0.05, 0) is 30.7 Å². The minimum Gasteiger partial charge on any atom is -0.352 e. The van der Waals surface area contributed by atoms with Gasteiger partial charge < -0.3 is 10.6 Å². The maximum atomic E-state index is 13.0. The molecule has 0 radical (unpaired) electrons. The molecule has 16 heavy (non-hydrogen) atoms. The lowest BCUT2D eigenvalue weighted by Gasteiger charge is -2.10. The first-order valence-electron chi connectivity index (χ1n) is 5.14. The van der Waals surface area contributed by atoms with Crippen molar-refractivity contribution in [1.82, 2.24) is 10.6 Å². The maximum Gasteiger partial charge on any atom is 0.191 e. The third-order valence-electron chi connectivity index (χ3n) is 2.36. The summed E-state index contributed by atoms with van der Waals surface area (Å²) in [6, 6.07) is 5.02. The van der Waals surface area contributed by atoms with Crippen LogP contribution in [0.25, 0.3) is 0 Å². The van der Waals surface area contributed by atoms with E-state index in [1.165, 1.54) is 12.1 Å². The number of rotatable bonds is 2. The fourth-order valence-electron chi connectivity index (χ4n) is 1.52. The predicted molar refractivity (Wildman–Crippen MR) is 65.8 cm³/mol. The number of aliphatic imine (C=N–C) groups is 1. The molecule has 86 valence electrons. The van der Waals surface area contributed by atoms with E-state index in [4.69, 9.17) is 0 Å². The van der Waals surface area contributed by atoms with Gasteiger partial charge in [-0.3, -0.25) is 4.99 Å². The highest BCUT2D eigenvalue weighted by Gasteiger charge is 2.12. The van der Waals surface area contributed by atoms with E-state index in [1.54, 1.807) is 6.07 Å². The van der Waals surface area contributed by atoms with E-state index in [1.807, 2.05) is 0 Å². The number of halogens is 2. The van der Waals surface area contributed by atoms with Crippen LogP contribution in [0.5, 0.6) is 0 Å². The molecule has 0 bridgehead atoms. The van der Waals surface area contributed by atoms with Crippen LogP contribution in [0.4, 0.5) is 4.39 Å². The second-order valence-corrected chi connectivity index (χ2v) is 4.68. The molecule has 0 aliphatic carbocycles. The van der Waals surface area contributed by atoms with Crippen LogP contribution in [-0.2, 0) is 6.54 Å². The number of benzene rings is 1. The van der Waals surface area contributed by atoms with Gasteiger partial charge in [-0.1, -0.05) is 15.9 Å². The van der Waals surface area contributed by atoms with Gasteiger partial charge in [-0.2, -0.15) is 0 Å². The summed E-state index contributed by atoms with van der Waals surface area (Å²) in [5.41, 5.74) is 0.879.